The van der Waals surface area contributed by atoms with Gasteiger partial charge in [-0.2, -0.15) is 0 Å². The molecule has 172 valence electrons. The Balaban J connectivity index is 1.44. The van der Waals surface area contributed by atoms with E-state index < -0.39 is 17.7 Å². The number of hydrogen-bond donors (Lipinski definition) is 2. The number of carboxylic acid groups (broad SMARTS) is 1. The Bertz CT molecular complexity index is 1140. The molecule has 2 atom stereocenters. The molecule has 1 aromatic heterocycles. The maximum absolute atomic E-state index is 12.6. The molecule has 0 bridgehead atoms. The fourth-order valence-corrected chi connectivity index (χ4v) is 4.05. The highest BCUT2D eigenvalue weighted by atomic mass is 19.4. The van der Waals surface area contributed by atoms with E-state index in [1.54, 1.807) is 31.6 Å². The first-order chi connectivity index (χ1) is 15.6. The zero-order valence-electron chi connectivity index (χ0n) is 17.5. The van der Waals surface area contributed by atoms with Gasteiger partial charge in [0.2, 0.25) is 5.91 Å². The normalized spacial score (nSPS) is 22.1. The summed E-state index contributed by atoms with van der Waals surface area (Å²) in [6.07, 6.45) is 1.63. The first kappa shape index (κ1) is 22.4. The quantitative estimate of drug-likeness (QED) is 0.607. The molecule has 1 fully saturated rings. The molecule has 2 aliphatic rings. The van der Waals surface area contributed by atoms with Gasteiger partial charge in [0.05, 0.1) is 5.41 Å². The Kier molecular flexibility index (Phi) is 5.61. The number of amides is 1. The summed E-state index contributed by atoms with van der Waals surface area (Å²) in [5.41, 5.74) is 1.45. The lowest BCUT2D eigenvalue weighted by Gasteiger charge is -2.26. The van der Waals surface area contributed by atoms with Crippen molar-refractivity contribution < 1.29 is 32.6 Å². The maximum atomic E-state index is 12.6. The molecule has 0 radical (unpaired) electrons. The van der Waals surface area contributed by atoms with E-state index in [2.05, 4.69) is 15.0 Å². The van der Waals surface area contributed by atoms with Crippen LogP contribution in [0.15, 0.2) is 60.9 Å². The Labute approximate surface area is 187 Å². The lowest BCUT2D eigenvalue weighted by Crippen LogP contribution is -2.34. The molecular weight excluding hydrogens is 439 g/mol. The Morgan fingerprint density at radius 1 is 1.36 bits per heavy atom. The number of allylic oxidation sites excluding steroid dienone is 1. The van der Waals surface area contributed by atoms with Crippen molar-refractivity contribution in [1.82, 2.24) is 9.88 Å². The van der Waals surface area contributed by atoms with E-state index >= 15 is 0 Å². The predicted octanol–water partition coefficient (Wildman–Crippen LogP) is 4.05. The summed E-state index contributed by atoms with van der Waals surface area (Å²) >= 11 is 0. The molecule has 0 spiro atoms. The molecule has 10 heteroatoms. The first-order valence-electron chi connectivity index (χ1n) is 10.0. The minimum absolute atomic E-state index is 0.117. The van der Waals surface area contributed by atoms with Crippen LogP contribution < -0.4 is 10.1 Å². The Morgan fingerprint density at radius 2 is 2.15 bits per heavy atom. The average molecular weight is 459 g/mol. The number of ether oxygens (including phenoxy) is 1. The van der Waals surface area contributed by atoms with Crippen molar-refractivity contribution in [2.45, 2.75) is 19.3 Å². The number of benzene rings is 1. The van der Waals surface area contributed by atoms with Crippen LogP contribution in [0.5, 0.6) is 5.75 Å². The van der Waals surface area contributed by atoms with Crippen molar-refractivity contribution in [3.05, 3.63) is 72.1 Å². The van der Waals surface area contributed by atoms with Gasteiger partial charge >= 0.3 is 12.3 Å². The van der Waals surface area contributed by atoms with E-state index in [1.165, 1.54) is 29.2 Å². The van der Waals surface area contributed by atoms with Crippen LogP contribution >= 0.6 is 0 Å². The molecule has 0 saturated heterocycles. The van der Waals surface area contributed by atoms with Crippen LogP contribution in [0.4, 0.5) is 19.0 Å². The van der Waals surface area contributed by atoms with E-state index in [4.69, 9.17) is 5.11 Å². The SMILES string of the molecule is CN1C=C(c2ccc(NCc3cccc(OC(F)(F)F)c3)nc2)C2CC2(C=CC(=O)O)C1=O. The molecule has 2 unspecified atom stereocenters. The third kappa shape index (κ3) is 4.84. The number of carboxylic acids is 1. The lowest BCUT2D eigenvalue weighted by molar-refractivity contribution is -0.274. The highest BCUT2D eigenvalue weighted by Gasteiger charge is 2.62. The summed E-state index contributed by atoms with van der Waals surface area (Å²) in [6, 6.07) is 9.24. The third-order valence-corrected chi connectivity index (χ3v) is 5.66. The van der Waals surface area contributed by atoms with E-state index in [1.807, 2.05) is 6.07 Å². The van der Waals surface area contributed by atoms with Gasteiger partial charge in [-0.3, -0.25) is 4.79 Å². The largest absolute Gasteiger partial charge is 0.573 e. The average Bonchev–Trinajstić information content (AvgIpc) is 3.49. The number of pyridine rings is 1. The van der Waals surface area contributed by atoms with Crippen molar-refractivity contribution in [2.75, 3.05) is 12.4 Å². The van der Waals surface area contributed by atoms with Crippen molar-refractivity contribution in [3.63, 3.8) is 0 Å². The fourth-order valence-electron chi connectivity index (χ4n) is 4.05. The number of nitrogens with zero attached hydrogens (tertiary/aromatic N) is 2. The van der Waals surface area contributed by atoms with E-state index in [0.29, 0.717) is 17.8 Å². The van der Waals surface area contributed by atoms with Crippen LogP contribution in [0.2, 0.25) is 0 Å². The van der Waals surface area contributed by atoms with Gasteiger partial charge < -0.3 is 20.1 Å². The number of anilines is 1. The first-order valence-corrected chi connectivity index (χ1v) is 10.0. The van der Waals surface area contributed by atoms with Gasteiger partial charge in [-0.25, -0.2) is 9.78 Å². The van der Waals surface area contributed by atoms with E-state index in [-0.39, 0.29) is 24.1 Å². The second kappa shape index (κ2) is 8.27. The summed E-state index contributed by atoms with van der Waals surface area (Å²) in [4.78, 5) is 29.3. The smallest absolute Gasteiger partial charge is 0.478 e. The number of hydrogen-bond acceptors (Lipinski definition) is 5. The minimum Gasteiger partial charge on any atom is -0.478 e. The summed E-state index contributed by atoms with van der Waals surface area (Å²) in [7, 11) is 1.63. The molecule has 1 amide bonds. The highest BCUT2D eigenvalue weighted by molar-refractivity contribution is 5.98. The Morgan fingerprint density at radius 3 is 2.82 bits per heavy atom. The minimum atomic E-state index is -4.75. The zero-order valence-corrected chi connectivity index (χ0v) is 17.5. The summed E-state index contributed by atoms with van der Waals surface area (Å²) in [5, 5.41) is 12.0. The number of aromatic nitrogens is 1. The summed E-state index contributed by atoms with van der Waals surface area (Å²) < 4.78 is 41.1. The monoisotopic (exact) mass is 459 g/mol. The lowest BCUT2D eigenvalue weighted by atomic mass is 9.91. The standard InChI is InChI=1S/C23H20F3N3O4/c1-29-13-17(18-10-22(18,21(29)32)8-7-20(30)31)15-5-6-19(28-12-15)27-11-14-3-2-4-16(9-14)33-23(24,25)26/h2-9,12-13,18H,10-11H2,1H3,(H,27,28)(H,30,31). The van der Waals surface area contributed by atoms with Gasteiger partial charge in [-0.05, 0) is 47.4 Å². The molecule has 1 aromatic carbocycles. The van der Waals surface area contributed by atoms with Crippen LogP contribution in [0.3, 0.4) is 0 Å². The number of rotatable bonds is 7. The number of aliphatic carboxylic acids is 1. The van der Waals surface area contributed by atoms with Crippen LogP contribution in [-0.2, 0) is 16.1 Å². The van der Waals surface area contributed by atoms with Gasteiger partial charge in [-0.15, -0.1) is 13.2 Å². The van der Waals surface area contributed by atoms with Crippen molar-refractivity contribution in [1.29, 1.82) is 0 Å². The third-order valence-electron chi connectivity index (χ3n) is 5.66. The van der Waals surface area contributed by atoms with Crippen LogP contribution in [-0.4, -0.2) is 40.3 Å². The molecule has 2 heterocycles. The molecule has 1 aliphatic carbocycles. The summed E-state index contributed by atoms with van der Waals surface area (Å²) in [6.45, 7) is 0.243. The van der Waals surface area contributed by atoms with Crippen LogP contribution in [0, 0.1) is 11.3 Å². The number of carbonyl (C=O) groups excluding carboxylic acids is 1. The number of alkyl halides is 3. The topological polar surface area (TPSA) is 91.8 Å². The number of halogens is 3. The fraction of sp³-hybridized carbons (Fsp3) is 0.261. The second-order valence-corrected chi connectivity index (χ2v) is 7.95. The zero-order chi connectivity index (χ0) is 23.8. The molecule has 4 rings (SSSR count). The molecule has 2 aromatic rings. The molecular formula is C23H20F3N3O4. The van der Waals surface area contributed by atoms with Gasteiger partial charge in [0.25, 0.3) is 0 Å². The maximum Gasteiger partial charge on any atom is 0.573 e. The molecule has 2 N–H and O–H groups in total. The molecule has 33 heavy (non-hydrogen) atoms. The molecule has 7 nitrogen and oxygen atoms in total. The van der Waals surface area contributed by atoms with Crippen molar-refractivity contribution in [2.24, 2.45) is 11.3 Å². The molecule has 1 aliphatic heterocycles. The van der Waals surface area contributed by atoms with E-state index in [9.17, 15) is 22.8 Å². The highest BCUT2D eigenvalue weighted by Crippen LogP contribution is 2.63. The van der Waals surface area contributed by atoms with Crippen LogP contribution in [0.1, 0.15) is 17.5 Å². The summed E-state index contributed by atoms with van der Waals surface area (Å²) in [5.74, 6) is -1.13. The van der Waals surface area contributed by atoms with Crippen LogP contribution in [0.25, 0.3) is 5.57 Å². The second-order valence-electron chi connectivity index (χ2n) is 7.95. The number of fused-ring (bicyclic) bond motifs is 1. The van der Waals surface area contributed by atoms with Crippen molar-refractivity contribution in [3.8, 4) is 5.75 Å². The van der Waals surface area contributed by atoms with Gasteiger partial charge in [-0.1, -0.05) is 18.2 Å². The number of nitrogens with one attached hydrogen (secondary N) is 1. The van der Waals surface area contributed by atoms with Gasteiger partial charge in [0.15, 0.2) is 0 Å². The predicted molar refractivity (Wildman–Crippen MR) is 113 cm³/mol. The number of carbonyl (C=O) groups is 2. The van der Waals surface area contributed by atoms with E-state index in [0.717, 1.165) is 17.2 Å². The Hall–Kier alpha value is -3.82. The van der Waals surface area contributed by atoms with Gasteiger partial charge in [0.1, 0.15) is 11.6 Å². The van der Waals surface area contributed by atoms with Crippen molar-refractivity contribution >= 4 is 23.3 Å². The molecule has 1 saturated carbocycles. The van der Waals surface area contributed by atoms with Gasteiger partial charge in [0, 0.05) is 38.0 Å².